The third-order valence-corrected chi connectivity index (χ3v) is 2.60. The van der Waals surface area contributed by atoms with E-state index in [-0.39, 0.29) is 23.8 Å². The molecule has 1 heterocycles. The van der Waals surface area contributed by atoms with Crippen molar-refractivity contribution in [1.29, 1.82) is 0 Å². The fraction of sp³-hybridized carbons (Fsp3) is 0.300. The molecule has 4 N–H and O–H groups in total. The Morgan fingerprint density at radius 3 is 2.59 bits per heavy atom. The first-order valence-corrected chi connectivity index (χ1v) is 4.85. The van der Waals surface area contributed by atoms with Crippen molar-refractivity contribution in [2.75, 3.05) is 20.0 Å². The second kappa shape index (κ2) is 4.02. The summed E-state index contributed by atoms with van der Waals surface area (Å²) in [5.74, 6) is 0.291. The van der Waals surface area contributed by atoms with Gasteiger partial charge in [0.15, 0.2) is 11.5 Å². The molecule has 1 aliphatic heterocycles. The molecule has 2 rings (SSSR count). The van der Waals surface area contributed by atoms with Crippen molar-refractivity contribution in [1.82, 2.24) is 5.17 Å². The van der Waals surface area contributed by atoms with Crippen LogP contribution in [0.15, 0.2) is 5.10 Å². The number of aromatic hydroxyl groups is 1. The largest absolute Gasteiger partial charge is 0.504 e. The van der Waals surface area contributed by atoms with Crippen LogP contribution in [-0.2, 0) is 6.54 Å². The molecule has 0 saturated carbocycles. The summed E-state index contributed by atoms with van der Waals surface area (Å²) in [5, 5.41) is 23.7. The van der Waals surface area contributed by atoms with E-state index in [1.54, 1.807) is 0 Å². The number of ether oxygens (including phenoxy) is 2. The molecule has 0 spiro atoms. The van der Waals surface area contributed by atoms with Crippen LogP contribution in [0.5, 0.6) is 17.2 Å². The normalized spacial score (nSPS) is 13.5. The number of hydrogen-bond acceptors (Lipinski definition) is 7. The number of anilines is 1. The van der Waals surface area contributed by atoms with E-state index in [1.807, 2.05) is 0 Å². The summed E-state index contributed by atoms with van der Waals surface area (Å²) in [6.45, 7) is 0.0750. The smallest absolute Gasteiger partial charge is 0.205 e. The summed E-state index contributed by atoms with van der Waals surface area (Å²) in [6.07, 6.45) is 1.31. The number of nitrogens with zero attached hydrogens (tertiary/aromatic N) is 2. The van der Waals surface area contributed by atoms with Gasteiger partial charge in [-0.3, -0.25) is 5.21 Å². The fourth-order valence-corrected chi connectivity index (χ4v) is 1.79. The van der Waals surface area contributed by atoms with Gasteiger partial charge >= 0.3 is 0 Å². The molecule has 0 radical (unpaired) electrons. The minimum absolute atomic E-state index is 0.0750. The van der Waals surface area contributed by atoms with Crippen molar-refractivity contribution in [2.45, 2.75) is 6.54 Å². The van der Waals surface area contributed by atoms with E-state index < -0.39 is 0 Å². The van der Waals surface area contributed by atoms with Crippen LogP contribution < -0.4 is 15.2 Å². The molecule has 1 aliphatic rings. The van der Waals surface area contributed by atoms with Crippen LogP contribution in [0.1, 0.15) is 11.1 Å². The molecule has 0 amide bonds. The Labute approximate surface area is 97.6 Å². The predicted molar refractivity (Wildman–Crippen MR) is 60.5 cm³/mol. The van der Waals surface area contributed by atoms with Crippen molar-refractivity contribution >= 4 is 11.9 Å². The molecule has 1 aromatic rings. The Hall–Kier alpha value is -2.15. The lowest BCUT2D eigenvalue weighted by atomic mass is 10.0. The zero-order valence-corrected chi connectivity index (χ0v) is 9.47. The lowest BCUT2D eigenvalue weighted by Gasteiger charge is -2.23. The van der Waals surface area contributed by atoms with Crippen LogP contribution in [0, 0.1) is 0 Å². The van der Waals surface area contributed by atoms with Crippen LogP contribution in [0.25, 0.3) is 0 Å². The third kappa shape index (κ3) is 1.60. The molecule has 0 fully saturated rings. The zero-order valence-electron chi connectivity index (χ0n) is 9.47. The minimum atomic E-state index is -0.106. The van der Waals surface area contributed by atoms with E-state index in [4.69, 9.17) is 15.2 Å². The summed E-state index contributed by atoms with van der Waals surface area (Å²) < 4.78 is 10.1. The van der Waals surface area contributed by atoms with Crippen molar-refractivity contribution in [2.24, 2.45) is 5.10 Å². The van der Waals surface area contributed by atoms with Gasteiger partial charge < -0.3 is 20.3 Å². The van der Waals surface area contributed by atoms with Crippen molar-refractivity contribution < 1.29 is 19.8 Å². The van der Waals surface area contributed by atoms with Gasteiger partial charge in [-0.25, -0.2) is 0 Å². The Kier molecular flexibility index (Phi) is 2.68. The molecule has 0 saturated heterocycles. The third-order valence-electron chi connectivity index (χ3n) is 2.60. The number of phenols is 1. The molecular formula is C10H13N3O4. The summed E-state index contributed by atoms with van der Waals surface area (Å²) in [5.41, 5.74) is 7.18. The highest BCUT2D eigenvalue weighted by molar-refractivity contribution is 5.92. The SMILES string of the molecule is COc1c(N)c2c(c(O)c1OC)C=NN(O)C2. The fourth-order valence-electron chi connectivity index (χ4n) is 1.79. The summed E-state index contributed by atoms with van der Waals surface area (Å²) in [4.78, 5) is 0. The molecule has 0 unspecified atom stereocenters. The maximum absolute atomic E-state index is 10.0. The quantitative estimate of drug-likeness (QED) is 0.514. The van der Waals surface area contributed by atoms with Gasteiger partial charge in [-0.2, -0.15) is 10.3 Å². The molecule has 1 aromatic carbocycles. The highest BCUT2D eigenvalue weighted by atomic mass is 16.5. The average molecular weight is 239 g/mol. The number of hydrogen-bond donors (Lipinski definition) is 3. The lowest BCUT2D eigenvalue weighted by molar-refractivity contribution is -0.0990. The van der Waals surface area contributed by atoms with E-state index in [0.717, 1.165) is 5.17 Å². The highest BCUT2D eigenvalue weighted by Crippen LogP contribution is 2.46. The van der Waals surface area contributed by atoms with Crippen LogP contribution in [-0.4, -0.2) is 35.9 Å². The second-order valence-corrected chi connectivity index (χ2v) is 3.50. The van der Waals surface area contributed by atoms with Gasteiger partial charge in [-0.1, -0.05) is 0 Å². The average Bonchev–Trinajstić information content (AvgIpc) is 2.33. The van der Waals surface area contributed by atoms with Crippen molar-refractivity contribution in [3.05, 3.63) is 11.1 Å². The topological polar surface area (TPSA) is 101 Å². The van der Waals surface area contributed by atoms with Gasteiger partial charge in [-0.15, -0.1) is 0 Å². The number of rotatable bonds is 2. The lowest BCUT2D eigenvalue weighted by Crippen LogP contribution is -2.20. The Bertz CT molecular complexity index is 487. The van der Waals surface area contributed by atoms with Crippen LogP contribution in [0.4, 0.5) is 5.69 Å². The number of nitrogen functional groups attached to an aromatic ring is 1. The number of methoxy groups -OCH3 is 2. The van der Waals surface area contributed by atoms with Gasteiger partial charge in [-0.05, 0) is 0 Å². The first-order valence-electron chi connectivity index (χ1n) is 4.85. The number of phenolic OH excluding ortho intramolecular Hbond substituents is 1. The maximum Gasteiger partial charge on any atom is 0.205 e. The monoisotopic (exact) mass is 239 g/mol. The van der Waals surface area contributed by atoms with Crippen molar-refractivity contribution in [3.63, 3.8) is 0 Å². The number of fused-ring (bicyclic) bond motifs is 1. The summed E-state index contributed by atoms with van der Waals surface area (Å²) >= 11 is 0. The molecule has 7 heteroatoms. The number of hydrazone groups is 1. The second-order valence-electron chi connectivity index (χ2n) is 3.50. The van der Waals surface area contributed by atoms with E-state index >= 15 is 0 Å². The molecule has 7 nitrogen and oxygen atoms in total. The van der Waals surface area contributed by atoms with E-state index in [1.165, 1.54) is 20.4 Å². The van der Waals surface area contributed by atoms with Crippen molar-refractivity contribution in [3.8, 4) is 17.2 Å². The molecule has 17 heavy (non-hydrogen) atoms. The molecule has 92 valence electrons. The Morgan fingerprint density at radius 1 is 1.35 bits per heavy atom. The number of hydroxylamine groups is 1. The van der Waals surface area contributed by atoms with Gasteiger partial charge in [0.05, 0.1) is 32.7 Å². The minimum Gasteiger partial charge on any atom is -0.504 e. The standard InChI is InChI=1S/C10H13N3O4/c1-16-9-7(11)6-4-13(15)12-3-5(6)8(14)10(9)17-2/h3,14-15H,4,11H2,1-2H3. The number of nitrogens with two attached hydrogens (primary N) is 1. The van der Waals surface area contributed by atoms with E-state index in [9.17, 15) is 10.3 Å². The molecule has 0 aliphatic carbocycles. The molecule has 0 atom stereocenters. The molecule has 0 bridgehead atoms. The summed E-state index contributed by atoms with van der Waals surface area (Å²) in [6, 6.07) is 0. The van der Waals surface area contributed by atoms with Gasteiger partial charge in [0.1, 0.15) is 0 Å². The van der Waals surface area contributed by atoms with Crippen LogP contribution >= 0.6 is 0 Å². The van der Waals surface area contributed by atoms with Gasteiger partial charge in [0.25, 0.3) is 0 Å². The first-order chi connectivity index (χ1) is 8.10. The van der Waals surface area contributed by atoms with Gasteiger partial charge in [0, 0.05) is 11.1 Å². The maximum atomic E-state index is 10.0. The number of benzene rings is 1. The molecule has 0 aromatic heterocycles. The first kappa shape index (κ1) is 11.3. The Balaban J connectivity index is 2.72. The highest BCUT2D eigenvalue weighted by Gasteiger charge is 2.25. The van der Waals surface area contributed by atoms with Crippen LogP contribution in [0.2, 0.25) is 0 Å². The Morgan fingerprint density at radius 2 is 2.00 bits per heavy atom. The van der Waals surface area contributed by atoms with E-state index in [0.29, 0.717) is 16.8 Å². The van der Waals surface area contributed by atoms with Gasteiger partial charge in [0.2, 0.25) is 5.75 Å². The zero-order chi connectivity index (χ0) is 12.6. The summed E-state index contributed by atoms with van der Waals surface area (Å²) in [7, 11) is 2.83. The predicted octanol–water partition coefficient (Wildman–Crippen LogP) is 0.530. The van der Waals surface area contributed by atoms with Crippen LogP contribution in [0.3, 0.4) is 0 Å². The van der Waals surface area contributed by atoms with E-state index in [2.05, 4.69) is 5.10 Å². The molecular weight excluding hydrogens is 226 g/mol.